The smallest absolute Gasteiger partial charge is 0.151 e. The van der Waals surface area contributed by atoms with E-state index >= 15 is 0 Å². The second kappa shape index (κ2) is 4.89. The van der Waals surface area contributed by atoms with Crippen molar-refractivity contribution in [2.24, 2.45) is 0 Å². The molecule has 0 saturated carbocycles. The zero-order valence-electron chi connectivity index (χ0n) is 8.85. The molecule has 0 aromatic heterocycles. The van der Waals surface area contributed by atoms with Crippen LogP contribution >= 0.6 is 15.9 Å². The second-order valence-electron chi connectivity index (χ2n) is 3.39. The Morgan fingerprint density at radius 2 is 1.82 bits per heavy atom. The first kappa shape index (κ1) is 11.5. The van der Waals surface area contributed by atoms with E-state index in [0.717, 1.165) is 4.47 Å². The van der Waals surface area contributed by atoms with E-state index in [1.54, 1.807) is 18.2 Å². The zero-order chi connectivity index (χ0) is 12.3. The van der Waals surface area contributed by atoms with Gasteiger partial charge in [0.15, 0.2) is 5.75 Å². The van der Waals surface area contributed by atoms with E-state index in [4.69, 9.17) is 15.7 Å². The fraction of sp³-hybridized carbons (Fsp3) is 0. The number of anilines is 1. The summed E-state index contributed by atoms with van der Waals surface area (Å²) in [7, 11) is 0. The van der Waals surface area contributed by atoms with Gasteiger partial charge in [-0.2, -0.15) is 5.26 Å². The van der Waals surface area contributed by atoms with Crippen LogP contribution in [0.25, 0.3) is 0 Å². The summed E-state index contributed by atoms with van der Waals surface area (Å²) < 4.78 is 6.59. The number of nitrogens with two attached hydrogens (primary N) is 1. The molecule has 2 N–H and O–H groups in total. The predicted octanol–water partition coefficient (Wildman–Crippen LogP) is 3.70. The third-order valence-corrected chi connectivity index (χ3v) is 2.76. The maximum atomic E-state index is 8.85. The second-order valence-corrected chi connectivity index (χ2v) is 4.30. The van der Waals surface area contributed by atoms with Crippen LogP contribution in [0.2, 0.25) is 0 Å². The highest BCUT2D eigenvalue weighted by molar-refractivity contribution is 9.10. The summed E-state index contributed by atoms with van der Waals surface area (Å²) >= 11 is 3.34. The van der Waals surface area contributed by atoms with Gasteiger partial charge in [-0.15, -0.1) is 0 Å². The molecule has 0 heterocycles. The van der Waals surface area contributed by atoms with E-state index in [1.165, 1.54) is 0 Å². The summed E-state index contributed by atoms with van der Waals surface area (Å²) in [5, 5.41) is 8.85. The number of halogens is 1. The number of benzene rings is 2. The largest absolute Gasteiger partial charge is 0.455 e. The molecular formula is C13H9BrN2O. The van der Waals surface area contributed by atoms with E-state index < -0.39 is 0 Å². The molecule has 0 atom stereocenters. The van der Waals surface area contributed by atoms with E-state index in [1.807, 2.05) is 30.3 Å². The molecular weight excluding hydrogens is 280 g/mol. The lowest BCUT2D eigenvalue weighted by Crippen LogP contribution is -1.95. The minimum atomic E-state index is 0.359. The molecule has 2 rings (SSSR count). The first-order valence-electron chi connectivity index (χ1n) is 4.92. The highest BCUT2D eigenvalue weighted by Gasteiger charge is 2.06. The van der Waals surface area contributed by atoms with Gasteiger partial charge in [0.05, 0.1) is 11.3 Å². The molecule has 0 aliphatic rings. The van der Waals surface area contributed by atoms with Crippen molar-refractivity contribution in [2.75, 3.05) is 5.73 Å². The standard InChI is InChI=1S/C13H9BrN2O/c14-10-4-6-11(7-5-10)17-12-3-1-2-9(8-15)13(12)16/h1-7H,16H2. The first-order chi connectivity index (χ1) is 8.20. The maximum Gasteiger partial charge on any atom is 0.151 e. The van der Waals surface area contributed by atoms with Crippen molar-refractivity contribution in [3.05, 3.63) is 52.5 Å². The van der Waals surface area contributed by atoms with Gasteiger partial charge in [-0.05, 0) is 36.4 Å². The molecule has 0 saturated heterocycles. The Kier molecular flexibility index (Phi) is 3.31. The van der Waals surface area contributed by atoms with Crippen molar-refractivity contribution in [3.63, 3.8) is 0 Å². The van der Waals surface area contributed by atoms with Gasteiger partial charge < -0.3 is 10.5 Å². The summed E-state index contributed by atoms with van der Waals surface area (Å²) in [5.74, 6) is 1.17. The number of nitriles is 1. The van der Waals surface area contributed by atoms with Gasteiger partial charge in [0.2, 0.25) is 0 Å². The van der Waals surface area contributed by atoms with Crippen molar-refractivity contribution in [1.82, 2.24) is 0 Å². The Labute approximate surface area is 108 Å². The molecule has 2 aromatic rings. The third-order valence-electron chi connectivity index (χ3n) is 2.23. The summed E-state index contributed by atoms with van der Waals surface area (Å²) in [5.41, 5.74) is 6.59. The number of nitrogens with zero attached hydrogens (tertiary/aromatic N) is 1. The van der Waals surface area contributed by atoms with E-state index in [0.29, 0.717) is 22.7 Å². The summed E-state index contributed by atoms with van der Waals surface area (Å²) in [6.45, 7) is 0. The minimum absolute atomic E-state index is 0.359. The molecule has 17 heavy (non-hydrogen) atoms. The van der Waals surface area contributed by atoms with Gasteiger partial charge in [0.1, 0.15) is 11.8 Å². The van der Waals surface area contributed by atoms with Crippen LogP contribution in [0.1, 0.15) is 5.56 Å². The predicted molar refractivity (Wildman–Crippen MR) is 69.8 cm³/mol. The van der Waals surface area contributed by atoms with E-state index in [2.05, 4.69) is 15.9 Å². The number of hydrogen-bond donors (Lipinski definition) is 1. The van der Waals surface area contributed by atoms with Crippen molar-refractivity contribution in [2.45, 2.75) is 0 Å². The Bertz CT molecular complexity index is 573. The van der Waals surface area contributed by atoms with Crippen molar-refractivity contribution in [3.8, 4) is 17.6 Å². The Morgan fingerprint density at radius 3 is 2.47 bits per heavy atom. The van der Waals surface area contributed by atoms with Crippen LogP contribution in [-0.2, 0) is 0 Å². The van der Waals surface area contributed by atoms with Gasteiger partial charge in [0.25, 0.3) is 0 Å². The molecule has 0 aliphatic heterocycles. The van der Waals surface area contributed by atoms with Gasteiger partial charge >= 0.3 is 0 Å². The Hall–Kier alpha value is -1.99. The molecule has 0 spiro atoms. The van der Waals surface area contributed by atoms with Crippen LogP contribution in [0.4, 0.5) is 5.69 Å². The lowest BCUT2D eigenvalue weighted by molar-refractivity contribution is 0.485. The van der Waals surface area contributed by atoms with Gasteiger partial charge in [-0.1, -0.05) is 22.0 Å². The normalized spacial score (nSPS) is 9.65. The summed E-state index contributed by atoms with van der Waals surface area (Å²) in [6.07, 6.45) is 0. The van der Waals surface area contributed by atoms with Crippen LogP contribution < -0.4 is 10.5 Å². The lowest BCUT2D eigenvalue weighted by Gasteiger charge is -2.09. The number of rotatable bonds is 2. The van der Waals surface area contributed by atoms with Gasteiger partial charge in [0, 0.05) is 4.47 Å². The summed E-state index contributed by atoms with van der Waals surface area (Å²) in [4.78, 5) is 0. The molecule has 84 valence electrons. The highest BCUT2D eigenvalue weighted by Crippen LogP contribution is 2.30. The van der Waals surface area contributed by atoms with Crippen molar-refractivity contribution < 1.29 is 4.74 Å². The zero-order valence-corrected chi connectivity index (χ0v) is 10.4. The first-order valence-corrected chi connectivity index (χ1v) is 5.72. The fourth-order valence-electron chi connectivity index (χ4n) is 1.36. The third kappa shape index (κ3) is 2.58. The van der Waals surface area contributed by atoms with Gasteiger partial charge in [-0.25, -0.2) is 0 Å². The monoisotopic (exact) mass is 288 g/mol. The van der Waals surface area contributed by atoms with E-state index in [-0.39, 0.29) is 0 Å². The molecule has 0 radical (unpaired) electrons. The Morgan fingerprint density at radius 1 is 1.12 bits per heavy atom. The average Bonchev–Trinajstić information content (AvgIpc) is 2.35. The molecule has 0 bridgehead atoms. The highest BCUT2D eigenvalue weighted by atomic mass is 79.9. The molecule has 0 fully saturated rings. The Balaban J connectivity index is 2.31. The molecule has 0 unspecified atom stereocenters. The molecule has 3 nitrogen and oxygen atoms in total. The number of hydrogen-bond acceptors (Lipinski definition) is 3. The maximum absolute atomic E-state index is 8.85. The summed E-state index contributed by atoms with van der Waals surface area (Å²) in [6, 6.07) is 14.5. The molecule has 4 heteroatoms. The topological polar surface area (TPSA) is 59.0 Å². The van der Waals surface area contributed by atoms with Crippen molar-refractivity contribution >= 4 is 21.6 Å². The molecule has 0 aliphatic carbocycles. The number of nitrogen functional groups attached to an aromatic ring is 1. The van der Waals surface area contributed by atoms with Crippen molar-refractivity contribution in [1.29, 1.82) is 5.26 Å². The molecule has 0 amide bonds. The number of ether oxygens (including phenoxy) is 1. The fourth-order valence-corrected chi connectivity index (χ4v) is 1.62. The van der Waals surface area contributed by atoms with Crippen LogP contribution in [0.15, 0.2) is 46.9 Å². The van der Waals surface area contributed by atoms with Crippen LogP contribution in [0.3, 0.4) is 0 Å². The van der Waals surface area contributed by atoms with Crippen LogP contribution in [-0.4, -0.2) is 0 Å². The van der Waals surface area contributed by atoms with E-state index in [9.17, 15) is 0 Å². The minimum Gasteiger partial charge on any atom is -0.455 e. The lowest BCUT2D eigenvalue weighted by atomic mass is 10.2. The molecule has 2 aromatic carbocycles. The quantitative estimate of drug-likeness (QED) is 0.858. The number of para-hydroxylation sites is 1. The van der Waals surface area contributed by atoms with Crippen LogP contribution in [0, 0.1) is 11.3 Å². The average molecular weight is 289 g/mol. The van der Waals surface area contributed by atoms with Crippen LogP contribution in [0.5, 0.6) is 11.5 Å². The van der Waals surface area contributed by atoms with Gasteiger partial charge in [-0.3, -0.25) is 0 Å². The SMILES string of the molecule is N#Cc1cccc(Oc2ccc(Br)cc2)c1N.